The van der Waals surface area contributed by atoms with Crippen molar-refractivity contribution < 1.29 is 22.7 Å². The van der Waals surface area contributed by atoms with Gasteiger partial charge < -0.3 is 15.4 Å². The first-order chi connectivity index (χ1) is 10.9. The van der Waals surface area contributed by atoms with Gasteiger partial charge >= 0.3 is 6.09 Å². The van der Waals surface area contributed by atoms with E-state index in [4.69, 9.17) is 9.88 Å². The number of nitrogens with one attached hydrogen (secondary N) is 2. The quantitative estimate of drug-likeness (QED) is 0.668. The molecular weight excluding hydrogens is 402 g/mol. The van der Waals surface area contributed by atoms with Gasteiger partial charge in [0, 0.05) is 17.4 Å². The standard InChI is InChI=1S/C14H20BrN3O5S/c1-14(2,3)23-13(20)17-7-6-12(19)18-11-5-4-9(8-10(11)15)24(16,21)22/h4-5,8H,6-7H2,1-3H3,(H,17,20)(H,18,19)(H2,16,21,22). The third-order valence-electron chi connectivity index (χ3n) is 2.56. The molecule has 0 unspecified atom stereocenters. The summed E-state index contributed by atoms with van der Waals surface area (Å²) in [7, 11) is -3.81. The number of rotatable bonds is 5. The molecule has 0 saturated heterocycles. The van der Waals surface area contributed by atoms with Gasteiger partial charge in [0.05, 0.1) is 10.6 Å². The molecule has 8 nitrogen and oxygen atoms in total. The first kappa shape index (κ1) is 20.4. The predicted molar refractivity (Wildman–Crippen MR) is 93.0 cm³/mol. The Morgan fingerprint density at radius 1 is 1.29 bits per heavy atom. The van der Waals surface area contributed by atoms with Gasteiger partial charge in [-0.1, -0.05) is 0 Å². The summed E-state index contributed by atoms with van der Waals surface area (Å²) in [5.74, 6) is -0.352. The summed E-state index contributed by atoms with van der Waals surface area (Å²) in [6, 6.07) is 4.00. The van der Waals surface area contributed by atoms with E-state index in [0.717, 1.165) is 0 Å². The maximum atomic E-state index is 11.8. The second-order valence-corrected chi connectivity index (χ2v) is 8.33. The van der Waals surface area contributed by atoms with Crippen molar-refractivity contribution in [2.75, 3.05) is 11.9 Å². The third kappa shape index (κ3) is 7.28. The van der Waals surface area contributed by atoms with Crippen molar-refractivity contribution in [2.45, 2.75) is 37.7 Å². The number of primary sulfonamides is 1. The zero-order valence-corrected chi connectivity index (χ0v) is 16.0. The van der Waals surface area contributed by atoms with Crippen molar-refractivity contribution in [1.82, 2.24) is 5.32 Å². The maximum absolute atomic E-state index is 11.8. The highest BCUT2D eigenvalue weighted by Crippen LogP contribution is 2.25. The molecule has 2 amide bonds. The molecule has 0 atom stereocenters. The van der Waals surface area contributed by atoms with E-state index < -0.39 is 21.7 Å². The Kier molecular flexibility index (Phi) is 6.76. The minimum atomic E-state index is -3.81. The molecule has 1 rings (SSSR count). The van der Waals surface area contributed by atoms with Gasteiger partial charge in [-0.2, -0.15) is 0 Å². The summed E-state index contributed by atoms with van der Waals surface area (Å²) in [5, 5.41) is 10.1. The number of benzene rings is 1. The van der Waals surface area contributed by atoms with Gasteiger partial charge in [-0.15, -0.1) is 0 Å². The summed E-state index contributed by atoms with van der Waals surface area (Å²) in [6.07, 6.45) is -0.572. The summed E-state index contributed by atoms with van der Waals surface area (Å²) >= 11 is 3.17. The number of nitrogens with two attached hydrogens (primary N) is 1. The molecule has 0 bridgehead atoms. The highest BCUT2D eigenvalue weighted by Gasteiger charge is 2.16. The lowest BCUT2D eigenvalue weighted by Gasteiger charge is -2.19. The van der Waals surface area contributed by atoms with Crippen LogP contribution in [0.5, 0.6) is 0 Å². The number of amides is 2. The van der Waals surface area contributed by atoms with Gasteiger partial charge in [0.25, 0.3) is 0 Å². The summed E-state index contributed by atoms with van der Waals surface area (Å²) in [4.78, 5) is 23.2. The Morgan fingerprint density at radius 2 is 1.92 bits per heavy atom. The first-order valence-corrected chi connectivity index (χ1v) is 9.31. The average molecular weight is 422 g/mol. The number of halogens is 1. The molecule has 0 fully saturated rings. The Bertz CT molecular complexity index is 728. The summed E-state index contributed by atoms with van der Waals surface area (Å²) in [5.41, 5.74) is -0.216. The fourth-order valence-electron chi connectivity index (χ4n) is 1.58. The van der Waals surface area contributed by atoms with Gasteiger partial charge in [0.2, 0.25) is 15.9 Å². The minimum absolute atomic E-state index is 0.0304. The van der Waals surface area contributed by atoms with Crippen LogP contribution in [0.2, 0.25) is 0 Å². The fraction of sp³-hybridized carbons (Fsp3) is 0.429. The van der Waals surface area contributed by atoms with E-state index in [1.165, 1.54) is 18.2 Å². The fourth-order valence-corrected chi connectivity index (χ4v) is 2.75. The lowest BCUT2D eigenvalue weighted by molar-refractivity contribution is -0.116. The number of ether oxygens (including phenoxy) is 1. The van der Waals surface area contributed by atoms with Crippen molar-refractivity contribution in [2.24, 2.45) is 5.14 Å². The minimum Gasteiger partial charge on any atom is -0.444 e. The van der Waals surface area contributed by atoms with Crippen LogP contribution >= 0.6 is 15.9 Å². The van der Waals surface area contributed by atoms with Crippen LogP contribution < -0.4 is 15.8 Å². The van der Waals surface area contributed by atoms with Crippen molar-refractivity contribution in [3.05, 3.63) is 22.7 Å². The van der Waals surface area contributed by atoms with E-state index in [2.05, 4.69) is 26.6 Å². The number of anilines is 1. The van der Waals surface area contributed by atoms with E-state index >= 15 is 0 Å². The van der Waals surface area contributed by atoms with Crippen molar-refractivity contribution in [1.29, 1.82) is 0 Å². The molecule has 24 heavy (non-hydrogen) atoms. The van der Waals surface area contributed by atoms with Crippen LogP contribution in [0.4, 0.5) is 10.5 Å². The van der Waals surface area contributed by atoms with Crippen molar-refractivity contribution in [3.8, 4) is 0 Å². The molecule has 0 heterocycles. The Labute approximate surface area is 149 Å². The largest absolute Gasteiger partial charge is 0.444 e. The van der Waals surface area contributed by atoms with Crippen LogP contribution in [-0.4, -0.2) is 32.6 Å². The van der Waals surface area contributed by atoms with E-state index in [0.29, 0.717) is 10.2 Å². The lowest BCUT2D eigenvalue weighted by Crippen LogP contribution is -2.34. The van der Waals surface area contributed by atoms with Gasteiger partial charge in [-0.05, 0) is 54.9 Å². The maximum Gasteiger partial charge on any atom is 0.407 e. The monoisotopic (exact) mass is 421 g/mol. The number of hydrogen-bond donors (Lipinski definition) is 3. The molecule has 0 saturated carbocycles. The zero-order chi connectivity index (χ0) is 18.5. The zero-order valence-electron chi connectivity index (χ0n) is 13.6. The van der Waals surface area contributed by atoms with Crippen LogP contribution in [0.1, 0.15) is 27.2 Å². The van der Waals surface area contributed by atoms with Gasteiger partial charge in [0.15, 0.2) is 0 Å². The van der Waals surface area contributed by atoms with E-state index in [-0.39, 0.29) is 23.8 Å². The number of hydrogen-bond acceptors (Lipinski definition) is 5. The SMILES string of the molecule is CC(C)(C)OC(=O)NCCC(=O)Nc1ccc(S(N)(=O)=O)cc1Br. The molecule has 0 aliphatic heterocycles. The highest BCUT2D eigenvalue weighted by atomic mass is 79.9. The molecule has 0 aliphatic carbocycles. The Morgan fingerprint density at radius 3 is 2.42 bits per heavy atom. The molecule has 134 valence electrons. The van der Waals surface area contributed by atoms with E-state index in [1.807, 2.05) is 0 Å². The molecule has 0 aliphatic rings. The topological polar surface area (TPSA) is 128 Å². The van der Waals surface area contributed by atoms with Crippen LogP contribution in [-0.2, 0) is 19.6 Å². The highest BCUT2D eigenvalue weighted by molar-refractivity contribution is 9.10. The molecule has 0 radical (unpaired) electrons. The van der Waals surface area contributed by atoms with E-state index in [9.17, 15) is 18.0 Å². The van der Waals surface area contributed by atoms with Gasteiger partial charge in [0.1, 0.15) is 5.60 Å². The van der Waals surface area contributed by atoms with Crippen LogP contribution in [0.3, 0.4) is 0 Å². The molecular formula is C14H20BrN3O5S. The normalized spacial score (nSPS) is 11.7. The molecule has 10 heteroatoms. The van der Waals surface area contributed by atoms with Crippen LogP contribution in [0.15, 0.2) is 27.6 Å². The smallest absolute Gasteiger partial charge is 0.407 e. The number of carbonyl (C=O) groups is 2. The van der Waals surface area contributed by atoms with Gasteiger partial charge in [-0.3, -0.25) is 4.79 Å². The van der Waals surface area contributed by atoms with Crippen LogP contribution in [0, 0.1) is 0 Å². The number of sulfonamides is 1. The molecule has 0 spiro atoms. The molecule has 0 aromatic heterocycles. The molecule has 1 aromatic rings. The first-order valence-electron chi connectivity index (χ1n) is 6.97. The Balaban J connectivity index is 2.53. The predicted octanol–water partition coefficient (Wildman–Crippen LogP) is 1.95. The van der Waals surface area contributed by atoms with Gasteiger partial charge in [-0.25, -0.2) is 18.4 Å². The number of alkyl carbamates (subject to hydrolysis) is 1. The average Bonchev–Trinajstić information content (AvgIpc) is 2.37. The van der Waals surface area contributed by atoms with E-state index in [1.54, 1.807) is 20.8 Å². The molecule has 1 aromatic carbocycles. The second-order valence-electron chi connectivity index (χ2n) is 5.91. The summed E-state index contributed by atoms with van der Waals surface area (Å²) < 4.78 is 27.9. The lowest BCUT2D eigenvalue weighted by atomic mass is 10.2. The number of carbonyl (C=O) groups excluding carboxylic acids is 2. The van der Waals surface area contributed by atoms with Crippen molar-refractivity contribution >= 4 is 43.6 Å². The summed E-state index contributed by atoms with van der Waals surface area (Å²) in [6.45, 7) is 5.32. The second kappa shape index (κ2) is 7.95. The van der Waals surface area contributed by atoms with Crippen molar-refractivity contribution in [3.63, 3.8) is 0 Å². The Hall–Kier alpha value is -1.65. The van der Waals surface area contributed by atoms with Crippen LogP contribution in [0.25, 0.3) is 0 Å². The third-order valence-corrected chi connectivity index (χ3v) is 4.13. The molecule has 4 N–H and O–H groups in total.